The molecule has 0 N–H and O–H groups in total. The molecule has 1 rings (SSSR count). The molecule has 1 saturated heterocycles. The van der Waals surface area contributed by atoms with Crippen LogP contribution in [0.4, 0.5) is 4.79 Å². The number of carbonyl (C=O) groups excluding carboxylic acids is 3. The maximum Gasteiger partial charge on any atom is 0.411 e. The number of rotatable bonds is 2. The van der Waals surface area contributed by atoms with Crippen molar-refractivity contribution < 1.29 is 28.6 Å². The van der Waals surface area contributed by atoms with E-state index in [1.54, 1.807) is 20.8 Å². The fourth-order valence-corrected chi connectivity index (χ4v) is 2.06. The summed E-state index contributed by atoms with van der Waals surface area (Å²) in [7, 11) is 2.51. The molecule has 0 radical (unpaired) electrons. The molecule has 0 bridgehead atoms. The van der Waals surface area contributed by atoms with Crippen molar-refractivity contribution in [1.82, 2.24) is 4.90 Å². The predicted octanol–water partition coefficient (Wildman–Crippen LogP) is 0.958. The van der Waals surface area contributed by atoms with Gasteiger partial charge in [-0.25, -0.2) is 9.59 Å². The van der Waals surface area contributed by atoms with Gasteiger partial charge in [-0.2, -0.15) is 0 Å². The molecule has 1 heterocycles. The molecule has 0 spiro atoms. The van der Waals surface area contributed by atoms with Crippen molar-refractivity contribution in [2.45, 2.75) is 38.8 Å². The first-order chi connectivity index (χ1) is 9.19. The van der Waals surface area contributed by atoms with Gasteiger partial charge in [0.1, 0.15) is 11.6 Å². The van der Waals surface area contributed by atoms with Crippen LogP contribution in [0.5, 0.6) is 0 Å². The maximum absolute atomic E-state index is 12.1. The summed E-state index contributed by atoms with van der Waals surface area (Å²) in [6.45, 7) is 5.27. The van der Waals surface area contributed by atoms with Crippen LogP contribution < -0.4 is 0 Å². The minimum absolute atomic E-state index is 0.0847. The summed E-state index contributed by atoms with van der Waals surface area (Å²) in [6, 6.07) is -0.820. The van der Waals surface area contributed by atoms with Gasteiger partial charge in [0.2, 0.25) is 0 Å². The van der Waals surface area contributed by atoms with Gasteiger partial charge >= 0.3 is 18.0 Å². The van der Waals surface area contributed by atoms with Crippen molar-refractivity contribution >= 4 is 18.0 Å². The number of hydrogen-bond acceptors (Lipinski definition) is 6. The van der Waals surface area contributed by atoms with Gasteiger partial charge in [-0.3, -0.25) is 9.69 Å². The first-order valence-corrected chi connectivity index (χ1v) is 6.35. The molecule has 20 heavy (non-hydrogen) atoms. The first-order valence-electron chi connectivity index (χ1n) is 6.35. The van der Waals surface area contributed by atoms with Gasteiger partial charge in [-0.05, 0) is 27.2 Å². The second-order valence-electron chi connectivity index (χ2n) is 5.63. The number of hydrogen-bond donors (Lipinski definition) is 0. The Morgan fingerprint density at radius 2 is 1.60 bits per heavy atom. The normalized spacial score (nSPS) is 22.4. The molecule has 7 heteroatoms. The second kappa shape index (κ2) is 6.11. The zero-order valence-corrected chi connectivity index (χ0v) is 12.5. The Bertz CT molecular complexity index is 400. The van der Waals surface area contributed by atoms with Gasteiger partial charge in [0.15, 0.2) is 0 Å². The number of likely N-dealkylation sites (tertiary alicyclic amines) is 1. The number of esters is 2. The highest BCUT2D eigenvalue weighted by molar-refractivity contribution is 5.85. The molecule has 0 saturated carbocycles. The Morgan fingerprint density at radius 1 is 1.05 bits per heavy atom. The molecule has 2 atom stereocenters. The summed E-state index contributed by atoms with van der Waals surface area (Å²) >= 11 is 0. The molecule has 0 aromatic rings. The third kappa shape index (κ3) is 3.85. The molecule has 1 fully saturated rings. The van der Waals surface area contributed by atoms with E-state index in [2.05, 4.69) is 9.47 Å². The minimum Gasteiger partial charge on any atom is -0.469 e. The smallest absolute Gasteiger partial charge is 0.411 e. The Kier molecular flexibility index (Phi) is 4.97. The molecule has 1 aliphatic rings. The third-order valence-electron chi connectivity index (χ3n) is 2.94. The Balaban J connectivity index is 2.87. The Hall–Kier alpha value is -1.79. The third-order valence-corrected chi connectivity index (χ3v) is 2.94. The fourth-order valence-electron chi connectivity index (χ4n) is 2.06. The summed E-state index contributed by atoms with van der Waals surface area (Å²) in [4.78, 5) is 36.6. The number of nitrogens with zero attached hydrogens (tertiary/aromatic N) is 1. The molecule has 1 amide bonds. The molecular formula is C13H21NO6. The number of methoxy groups -OCH3 is 2. The summed E-state index contributed by atoms with van der Waals surface area (Å²) < 4.78 is 14.6. The van der Waals surface area contributed by atoms with E-state index in [9.17, 15) is 14.4 Å². The number of carbonyl (C=O) groups is 3. The Morgan fingerprint density at radius 3 is 2.05 bits per heavy atom. The van der Waals surface area contributed by atoms with Crippen LogP contribution in [0.25, 0.3) is 0 Å². The van der Waals surface area contributed by atoms with Crippen molar-refractivity contribution in [3.05, 3.63) is 0 Å². The summed E-state index contributed by atoms with van der Waals surface area (Å²) in [5.41, 5.74) is -0.679. The van der Waals surface area contributed by atoms with Gasteiger partial charge < -0.3 is 14.2 Å². The van der Waals surface area contributed by atoms with Crippen molar-refractivity contribution in [2.75, 3.05) is 20.8 Å². The lowest BCUT2D eigenvalue weighted by Gasteiger charge is -2.27. The highest BCUT2D eigenvalue weighted by Crippen LogP contribution is 2.27. The lowest BCUT2D eigenvalue weighted by atomic mass is 10.1. The summed E-state index contributed by atoms with van der Waals surface area (Å²) in [6.07, 6.45) is -0.460. The minimum atomic E-state index is -0.820. The van der Waals surface area contributed by atoms with Crippen molar-refractivity contribution in [3.63, 3.8) is 0 Å². The van der Waals surface area contributed by atoms with E-state index in [0.29, 0.717) is 0 Å². The van der Waals surface area contributed by atoms with E-state index in [1.165, 1.54) is 19.1 Å². The van der Waals surface area contributed by atoms with E-state index in [1.807, 2.05) is 0 Å². The van der Waals surface area contributed by atoms with Gasteiger partial charge in [0.25, 0.3) is 0 Å². The van der Waals surface area contributed by atoms with Crippen LogP contribution in [0.2, 0.25) is 0 Å². The summed E-state index contributed by atoms with van der Waals surface area (Å²) in [5, 5.41) is 0. The molecule has 7 nitrogen and oxygen atoms in total. The molecular weight excluding hydrogens is 266 g/mol. The zero-order valence-electron chi connectivity index (χ0n) is 12.5. The quantitative estimate of drug-likeness (QED) is 0.555. The van der Waals surface area contributed by atoms with Crippen LogP contribution >= 0.6 is 0 Å². The van der Waals surface area contributed by atoms with Crippen LogP contribution in [-0.2, 0) is 23.8 Å². The van der Waals surface area contributed by atoms with E-state index in [0.717, 1.165) is 0 Å². The maximum atomic E-state index is 12.1. The monoisotopic (exact) mass is 287 g/mol. The van der Waals surface area contributed by atoms with E-state index >= 15 is 0 Å². The first kappa shape index (κ1) is 16.3. The van der Waals surface area contributed by atoms with Gasteiger partial charge in [-0.15, -0.1) is 0 Å². The van der Waals surface area contributed by atoms with Crippen LogP contribution in [-0.4, -0.2) is 55.3 Å². The highest BCUT2D eigenvalue weighted by Gasteiger charge is 2.45. The van der Waals surface area contributed by atoms with E-state index in [4.69, 9.17) is 4.74 Å². The van der Waals surface area contributed by atoms with E-state index in [-0.39, 0.29) is 13.0 Å². The zero-order chi connectivity index (χ0) is 15.5. The average Bonchev–Trinajstić information content (AvgIpc) is 2.79. The average molecular weight is 287 g/mol. The van der Waals surface area contributed by atoms with Gasteiger partial charge in [0, 0.05) is 6.54 Å². The second-order valence-corrected chi connectivity index (χ2v) is 5.63. The SMILES string of the molecule is COC(=O)[C@@H]1C[C@H](C(=O)OC)N(C(=O)OC(C)(C)C)C1. The summed E-state index contributed by atoms with van der Waals surface area (Å²) in [5.74, 6) is -1.57. The molecule has 0 aromatic carbocycles. The molecule has 0 aromatic heterocycles. The highest BCUT2D eigenvalue weighted by atomic mass is 16.6. The van der Waals surface area contributed by atoms with Crippen molar-refractivity contribution in [3.8, 4) is 0 Å². The number of amides is 1. The molecule has 0 unspecified atom stereocenters. The van der Waals surface area contributed by atoms with Crippen molar-refractivity contribution in [1.29, 1.82) is 0 Å². The molecule has 0 aliphatic carbocycles. The van der Waals surface area contributed by atoms with Crippen LogP contribution in [0.3, 0.4) is 0 Å². The standard InChI is InChI=1S/C13H21NO6/c1-13(2,3)20-12(17)14-7-8(10(15)18-4)6-9(14)11(16)19-5/h8-9H,6-7H2,1-5H3/t8-,9-/m1/s1. The van der Waals surface area contributed by atoms with Crippen LogP contribution in [0.15, 0.2) is 0 Å². The lowest BCUT2D eigenvalue weighted by molar-refractivity contribution is -0.145. The van der Waals surface area contributed by atoms with Crippen LogP contribution in [0, 0.1) is 5.92 Å². The molecule has 114 valence electrons. The largest absolute Gasteiger partial charge is 0.469 e. The predicted molar refractivity (Wildman–Crippen MR) is 68.9 cm³/mol. The lowest BCUT2D eigenvalue weighted by Crippen LogP contribution is -2.43. The Labute approximate surface area is 118 Å². The number of ether oxygens (including phenoxy) is 3. The topological polar surface area (TPSA) is 82.1 Å². The van der Waals surface area contributed by atoms with Gasteiger partial charge in [0.05, 0.1) is 20.1 Å². The fraction of sp³-hybridized carbons (Fsp3) is 0.769. The van der Waals surface area contributed by atoms with Crippen molar-refractivity contribution in [2.24, 2.45) is 5.92 Å². The van der Waals surface area contributed by atoms with Crippen LogP contribution in [0.1, 0.15) is 27.2 Å². The molecule has 1 aliphatic heterocycles. The van der Waals surface area contributed by atoms with Gasteiger partial charge in [-0.1, -0.05) is 0 Å². The van der Waals surface area contributed by atoms with E-state index < -0.39 is 35.6 Å².